The molecule has 1 heterocycles. The number of methoxy groups -OCH3 is 1. The van der Waals surface area contributed by atoms with Gasteiger partial charge in [0.25, 0.3) is 0 Å². The maximum atomic E-state index is 12.5. The normalized spacial score (nSPS) is 17.0. The van der Waals surface area contributed by atoms with Crippen LogP contribution in [-0.2, 0) is 11.3 Å². The van der Waals surface area contributed by atoms with Crippen molar-refractivity contribution < 1.29 is 9.53 Å². The van der Waals surface area contributed by atoms with Crippen LogP contribution in [0.25, 0.3) is 0 Å². The largest absolute Gasteiger partial charge is 0.497 e. The van der Waals surface area contributed by atoms with Crippen molar-refractivity contribution in [3.8, 4) is 5.75 Å². The van der Waals surface area contributed by atoms with Gasteiger partial charge in [0.2, 0.25) is 5.91 Å². The van der Waals surface area contributed by atoms with Gasteiger partial charge in [0.05, 0.1) is 18.5 Å². The third-order valence-electron chi connectivity index (χ3n) is 4.22. The molecule has 0 unspecified atom stereocenters. The van der Waals surface area contributed by atoms with Gasteiger partial charge < -0.3 is 15.0 Å². The fourth-order valence-electron chi connectivity index (χ4n) is 3.10. The molecule has 4 heteroatoms. The van der Waals surface area contributed by atoms with Crippen LogP contribution in [0.3, 0.4) is 0 Å². The summed E-state index contributed by atoms with van der Waals surface area (Å²) in [5.74, 6) is 1.12. The fraction of sp³-hybridized carbons (Fsp3) is 0.316. The SMILES string of the molecule is COc1ccc(CN2c3ccccc3NC(=O)[C@@H]2C(C)C)cc1. The zero-order chi connectivity index (χ0) is 16.4. The van der Waals surface area contributed by atoms with Gasteiger partial charge in [-0.15, -0.1) is 0 Å². The van der Waals surface area contributed by atoms with Crippen molar-refractivity contribution in [2.45, 2.75) is 26.4 Å². The lowest BCUT2D eigenvalue weighted by molar-refractivity contribution is -0.118. The molecule has 4 nitrogen and oxygen atoms in total. The minimum absolute atomic E-state index is 0.0622. The van der Waals surface area contributed by atoms with E-state index in [1.807, 2.05) is 42.5 Å². The van der Waals surface area contributed by atoms with Crippen molar-refractivity contribution in [1.82, 2.24) is 0 Å². The zero-order valence-corrected chi connectivity index (χ0v) is 13.7. The Labute approximate surface area is 137 Å². The van der Waals surface area contributed by atoms with Crippen molar-refractivity contribution in [1.29, 1.82) is 0 Å². The molecule has 1 atom stereocenters. The molecule has 2 aromatic rings. The third kappa shape index (κ3) is 3.02. The number of para-hydroxylation sites is 2. The number of hydrogen-bond acceptors (Lipinski definition) is 3. The summed E-state index contributed by atoms with van der Waals surface area (Å²) in [6.07, 6.45) is 0. The molecule has 0 fully saturated rings. The summed E-state index contributed by atoms with van der Waals surface area (Å²) in [6.45, 7) is 4.86. The van der Waals surface area contributed by atoms with Gasteiger partial charge in [-0.1, -0.05) is 38.1 Å². The number of amides is 1. The van der Waals surface area contributed by atoms with Crippen LogP contribution in [0.5, 0.6) is 5.75 Å². The molecule has 0 radical (unpaired) electrons. The van der Waals surface area contributed by atoms with Crippen LogP contribution in [-0.4, -0.2) is 19.1 Å². The molecule has 2 aromatic carbocycles. The fourth-order valence-corrected chi connectivity index (χ4v) is 3.10. The lowest BCUT2D eigenvalue weighted by Crippen LogP contribution is -2.50. The highest BCUT2D eigenvalue weighted by Crippen LogP contribution is 2.35. The molecule has 0 saturated carbocycles. The Balaban J connectivity index is 1.96. The predicted octanol–water partition coefficient (Wildman–Crippen LogP) is 3.68. The van der Waals surface area contributed by atoms with Crippen LogP contribution in [0, 0.1) is 5.92 Å². The van der Waals surface area contributed by atoms with Gasteiger partial charge in [-0.2, -0.15) is 0 Å². The van der Waals surface area contributed by atoms with E-state index in [0.29, 0.717) is 6.54 Å². The highest BCUT2D eigenvalue weighted by molar-refractivity contribution is 6.03. The van der Waals surface area contributed by atoms with E-state index in [0.717, 1.165) is 22.7 Å². The summed E-state index contributed by atoms with van der Waals surface area (Å²) in [5, 5.41) is 3.02. The maximum Gasteiger partial charge on any atom is 0.247 e. The number of hydrogen-bond donors (Lipinski definition) is 1. The van der Waals surface area contributed by atoms with Gasteiger partial charge in [0.15, 0.2) is 0 Å². The molecule has 0 saturated heterocycles. The van der Waals surface area contributed by atoms with Crippen molar-refractivity contribution in [2.24, 2.45) is 5.92 Å². The predicted molar refractivity (Wildman–Crippen MR) is 92.9 cm³/mol. The molecule has 120 valence electrons. The lowest BCUT2D eigenvalue weighted by Gasteiger charge is -2.40. The number of nitrogens with one attached hydrogen (secondary N) is 1. The lowest BCUT2D eigenvalue weighted by atomic mass is 9.97. The number of ether oxygens (including phenoxy) is 1. The van der Waals surface area contributed by atoms with Gasteiger partial charge in [-0.25, -0.2) is 0 Å². The second-order valence-electron chi connectivity index (χ2n) is 6.17. The topological polar surface area (TPSA) is 41.6 Å². The van der Waals surface area contributed by atoms with Crippen LogP contribution < -0.4 is 15.0 Å². The van der Waals surface area contributed by atoms with Gasteiger partial charge in [-0.3, -0.25) is 4.79 Å². The standard InChI is InChI=1S/C19H22N2O2/c1-13(2)18-19(22)20-16-6-4-5-7-17(16)21(18)12-14-8-10-15(23-3)11-9-14/h4-11,13,18H,12H2,1-3H3,(H,20,22)/t18-/m0/s1. The van der Waals surface area contributed by atoms with E-state index in [-0.39, 0.29) is 17.9 Å². The van der Waals surface area contributed by atoms with Crippen molar-refractivity contribution >= 4 is 17.3 Å². The average Bonchev–Trinajstić information content (AvgIpc) is 2.55. The number of anilines is 2. The molecule has 1 N–H and O–H groups in total. The summed E-state index contributed by atoms with van der Waals surface area (Å²) in [5.41, 5.74) is 3.10. The van der Waals surface area contributed by atoms with Gasteiger partial charge in [-0.05, 0) is 35.7 Å². The Morgan fingerprint density at radius 1 is 1.13 bits per heavy atom. The van der Waals surface area contributed by atoms with Gasteiger partial charge >= 0.3 is 0 Å². The smallest absolute Gasteiger partial charge is 0.247 e. The molecule has 1 aliphatic rings. The van der Waals surface area contributed by atoms with Gasteiger partial charge in [0.1, 0.15) is 11.8 Å². The molecular weight excluding hydrogens is 288 g/mol. The van der Waals surface area contributed by atoms with E-state index >= 15 is 0 Å². The number of nitrogens with zero attached hydrogens (tertiary/aromatic N) is 1. The second-order valence-corrected chi connectivity index (χ2v) is 6.17. The number of rotatable bonds is 4. The Morgan fingerprint density at radius 3 is 2.48 bits per heavy atom. The highest BCUT2D eigenvalue weighted by atomic mass is 16.5. The Bertz CT molecular complexity index is 695. The number of benzene rings is 2. The summed E-state index contributed by atoms with van der Waals surface area (Å²) < 4.78 is 5.21. The van der Waals surface area contributed by atoms with E-state index in [1.165, 1.54) is 0 Å². The van der Waals surface area contributed by atoms with Crippen LogP contribution >= 0.6 is 0 Å². The number of carbonyl (C=O) groups excluding carboxylic acids is 1. The van der Waals surface area contributed by atoms with E-state index in [4.69, 9.17) is 4.74 Å². The molecule has 3 rings (SSSR count). The summed E-state index contributed by atoms with van der Waals surface area (Å²) in [7, 11) is 1.66. The van der Waals surface area contributed by atoms with Crippen molar-refractivity contribution in [2.75, 3.05) is 17.3 Å². The minimum atomic E-state index is -0.174. The molecule has 0 aliphatic carbocycles. The first-order valence-electron chi connectivity index (χ1n) is 7.89. The molecule has 23 heavy (non-hydrogen) atoms. The quantitative estimate of drug-likeness (QED) is 0.936. The van der Waals surface area contributed by atoms with Crippen LogP contribution in [0.4, 0.5) is 11.4 Å². The second kappa shape index (κ2) is 6.32. The van der Waals surface area contributed by atoms with E-state index < -0.39 is 0 Å². The third-order valence-corrected chi connectivity index (χ3v) is 4.22. The molecule has 0 bridgehead atoms. The molecule has 1 amide bonds. The van der Waals surface area contributed by atoms with Crippen LogP contribution in [0.2, 0.25) is 0 Å². The first-order valence-corrected chi connectivity index (χ1v) is 7.89. The maximum absolute atomic E-state index is 12.5. The number of fused-ring (bicyclic) bond motifs is 1. The molecular formula is C19H22N2O2. The molecule has 1 aliphatic heterocycles. The number of carbonyl (C=O) groups is 1. The zero-order valence-electron chi connectivity index (χ0n) is 13.7. The van der Waals surface area contributed by atoms with E-state index in [1.54, 1.807) is 7.11 Å². The summed E-state index contributed by atoms with van der Waals surface area (Å²) in [4.78, 5) is 14.7. The van der Waals surface area contributed by atoms with Crippen molar-refractivity contribution in [3.05, 3.63) is 54.1 Å². The summed E-state index contributed by atoms with van der Waals surface area (Å²) in [6, 6.07) is 15.8. The van der Waals surface area contributed by atoms with Gasteiger partial charge in [0, 0.05) is 6.54 Å². The van der Waals surface area contributed by atoms with E-state index in [9.17, 15) is 4.79 Å². The summed E-state index contributed by atoms with van der Waals surface area (Å²) >= 11 is 0. The van der Waals surface area contributed by atoms with E-state index in [2.05, 4.69) is 30.1 Å². The Kier molecular flexibility index (Phi) is 4.24. The Morgan fingerprint density at radius 2 is 1.83 bits per heavy atom. The monoisotopic (exact) mass is 310 g/mol. The van der Waals surface area contributed by atoms with Crippen LogP contribution in [0.15, 0.2) is 48.5 Å². The first-order chi connectivity index (χ1) is 11.1. The Hall–Kier alpha value is -2.49. The van der Waals surface area contributed by atoms with Crippen molar-refractivity contribution in [3.63, 3.8) is 0 Å². The minimum Gasteiger partial charge on any atom is -0.497 e. The molecule has 0 spiro atoms. The highest BCUT2D eigenvalue weighted by Gasteiger charge is 2.34. The average molecular weight is 310 g/mol. The first kappa shape index (κ1) is 15.4. The van der Waals surface area contributed by atoms with Crippen LogP contribution in [0.1, 0.15) is 19.4 Å². The molecule has 0 aromatic heterocycles.